The Hall–Kier alpha value is -1.65. The molecular weight excluding hydrogens is 166 g/mol. The highest BCUT2D eigenvalue weighted by Crippen LogP contribution is 2.13. The second kappa shape index (κ2) is 2.69. The van der Waals surface area contributed by atoms with Crippen LogP contribution in [0.4, 0.5) is 5.95 Å². The number of H-pyrrole nitrogens is 1. The Balaban J connectivity index is 2.70. The van der Waals surface area contributed by atoms with Gasteiger partial charge in [0.1, 0.15) is 5.52 Å². The minimum absolute atomic E-state index is 0.692. The van der Waals surface area contributed by atoms with Gasteiger partial charge < -0.3 is 9.88 Å². The van der Waals surface area contributed by atoms with Gasteiger partial charge in [-0.15, -0.1) is 0 Å². The SMILES string of the molecule is Cc1nc(N(C)C)nc2nc[nH]c12. The Morgan fingerprint density at radius 2 is 2.08 bits per heavy atom. The van der Waals surface area contributed by atoms with Crippen molar-refractivity contribution in [2.75, 3.05) is 19.0 Å². The van der Waals surface area contributed by atoms with Crippen LogP contribution in [-0.2, 0) is 0 Å². The highest BCUT2D eigenvalue weighted by atomic mass is 15.2. The Bertz CT molecular complexity index is 431. The molecule has 1 N–H and O–H groups in total. The molecule has 0 spiro atoms. The maximum atomic E-state index is 4.32. The molecule has 2 heterocycles. The minimum Gasteiger partial charge on any atom is -0.347 e. The lowest BCUT2D eigenvalue weighted by atomic mass is 10.4. The Morgan fingerprint density at radius 3 is 2.77 bits per heavy atom. The molecular formula is C8H11N5. The van der Waals surface area contributed by atoms with Crippen LogP contribution in [0.15, 0.2) is 6.33 Å². The molecule has 0 unspecified atom stereocenters. The summed E-state index contributed by atoms with van der Waals surface area (Å²) in [5, 5.41) is 0. The zero-order valence-corrected chi connectivity index (χ0v) is 7.87. The van der Waals surface area contributed by atoms with Crippen molar-refractivity contribution in [3.05, 3.63) is 12.0 Å². The third kappa shape index (κ3) is 1.22. The zero-order chi connectivity index (χ0) is 9.42. The lowest BCUT2D eigenvalue weighted by Crippen LogP contribution is -2.13. The first-order chi connectivity index (χ1) is 6.18. The summed E-state index contributed by atoms with van der Waals surface area (Å²) in [5.74, 6) is 0.692. The van der Waals surface area contributed by atoms with Crippen LogP contribution in [0.3, 0.4) is 0 Å². The molecule has 68 valence electrons. The molecule has 0 radical (unpaired) electrons. The van der Waals surface area contributed by atoms with Crippen LogP contribution in [0.2, 0.25) is 0 Å². The van der Waals surface area contributed by atoms with Gasteiger partial charge in [0.25, 0.3) is 0 Å². The predicted molar refractivity (Wildman–Crippen MR) is 50.7 cm³/mol. The smallest absolute Gasteiger partial charge is 0.227 e. The number of nitrogens with zero attached hydrogens (tertiary/aromatic N) is 4. The largest absolute Gasteiger partial charge is 0.347 e. The van der Waals surface area contributed by atoms with E-state index < -0.39 is 0 Å². The topological polar surface area (TPSA) is 57.7 Å². The Labute approximate surface area is 75.8 Å². The van der Waals surface area contributed by atoms with E-state index in [0.717, 1.165) is 16.9 Å². The highest BCUT2D eigenvalue weighted by Gasteiger charge is 2.06. The summed E-state index contributed by atoms with van der Waals surface area (Å²) in [6.07, 6.45) is 1.63. The number of aromatic amines is 1. The summed E-state index contributed by atoms with van der Waals surface area (Å²) in [7, 11) is 3.82. The molecule has 0 atom stereocenters. The van der Waals surface area contributed by atoms with E-state index in [1.165, 1.54) is 0 Å². The number of aryl methyl sites for hydroxylation is 1. The number of anilines is 1. The van der Waals surface area contributed by atoms with Gasteiger partial charge in [-0.1, -0.05) is 0 Å². The van der Waals surface area contributed by atoms with Crippen molar-refractivity contribution in [3.8, 4) is 0 Å². The zero-order valence-electron chi connectivity index (χ0n) is 7.87. The van der Waals surface area contributed by atoms with E-state index in [-0.39, 0.29) is 0 Å². The van der Waals surface area contributed by atoms with E-state index in [9.17, 15) is 0 Å². The molecule has 2 aromatic heterocycles. The summed E-state index contributed by atoms with van der Waals surface area (Å²) < 4.78 is 0. The normalized spacial score (nSPS) is 10.7. The molecule has 0 aliphatic rings. The minimum atomic E-state index is 0.692. The van der Waals surface area contributed by atoms with Gasteiger partial charge in [0.2, 0.25) is 5.95 Å². The van der Waals surface area contributed by atoms with Crippen LogP contribution < -0.4 is 4.90 Å². The van der Waals surface area contributed by atoms with Gasteiger partial charge in [0, 0.05) is 14.1 Å². The first kappa shape index (κ1) is 7.97. The second-order valence-corrected chi connectivity index (χ2v) is 3.10. The molecule has 0 aliphatic carbocycles. The van der Waals surface area contributed by atoms with Crippen molar-refractivity contribution in [1.82, 2.24) is 19.9 Å². The van der Waals surface area contributed by atoms with E-state index in [1.807, 2.05) is 25.9 Å². The molecule has 0 amide bonds. The molecule has 5 heteroatoms. The third-order valence-corrected chi connectivity index (χ3v) is 1.85. The maximum absolute atomic E-state index is 4.32. The average Bonchev–Trinajstić information content (AvgIpc) is 2.51. The summed E-state index contributed by atoms with van der Waals surface area (Å²) in [5.41, 5.74) is 2.55. The number of nitrogens with one attached hydrogen (secondary N) is 1. The standard InChI is InChI=1S/C8H11N5/c1-5-6-7(10-4-9-6)12-8(11-5)13(2)3/h4H,1-3H3,(H,9,10,11,12). The number of imidazole rings is 1. The molecule has 0 saturated heterocycles. The first-order valence-corrected chi connectivity index (χ1v) is 4.03. The van der Waals surface area contributed by atoms with Gasteiger partial charge in [0.05, 0.1) is 12.0 Å². The van der Waals surface area contributed by atoms with E-state index in [0.29, 0.717) is 5.95 Å². The number of fused-ring (bicyclic) bond motifs is 1. The van der Waals surface area contributed by atoms with Crippen molar-refractivity contribution in [1.29, 1.82) is 0 Å². The molecule has 0 fully saturated rings. The van der Waals surface area contributed by atoms with E-state index in [1.54, 1.807) is 6.33 Å². The van der Waals surface area contributed by atoms with Crippen LogP contribution >= 0.6 is 0 Å². The number of rotatable bonds is 1. The molecule has 5 nitrogen and oxygen atoms in total. The Morgan fingerprint density at radius 1 is 1.31 bits per heavy atom. The van der Waals surface area contributed by atoms with Crippen LogP contribution in [0.5, 0.6) is 0 Å². The predicted octanol–water partition coefficient (Wildman–Crippen LogP) is 0.727. The fourth-order valence-electron chi connectivity index (χ4n) is 1.16. The number of hydrogen-bond acceptors (Lipinski definition) is 4. The van der Waals surface area contributed by atoms with Gasteiger partial charge in [-0.25, -0.2) is 9.97 Å². The van der Waals surface area contributed by atoms with Crippen molar-refractivity contribution < 1.29 is 0 Å². The first-order valence-electron chi connectivity index (χ1n) is 4.03. The highest BCUT2D eigenvalue weighted by molar-refractivity contribution is 5.73. The number of hydrogen-bond donors (Lipinski definition) is 1. The maximum Gasteiger partial charge on any atom is 0.227 e. The lowest BCUT2D eigenvalue weighted by molar-refractivity contribution is 0.993. The fourth-order valence-corrected chi connectivity index (χ4v) is 1.16. The summed E-state index contributed by atoms with van der Waals surface area (Å²) >= 11 is 0. The third-order valence-electron chi connectivity index (χ3n) is 1.85. The summed E-state index contributed by atoms with van der Waals surface area (Å²) in [6.45, 7) is 1.94. The monoisotopic (exact) mass is 177 g/mol. The van der Waals surface area contributed by atoms with Crippen molar-refractivity contribution in [2.45, 2.75) is 6.92 Å². The summed E-state index contributed by atoms with van der Waals surface area (Å²) in [6, 6.07) is 0. The molecule has 2 rings (SSSR count). The second-order valence-electron chi connectivity index (χ2n) is 3.10. The van der Waals surface area contributed by atoms with Crippen LogP contribution in [0.1, 0.15) is 5.69 Å². The lowest BCUT2D eigenvalue weighted by Gasteiger charge is -2.09. The summed E-state index contributed by atoms with van der Waals surface area (Å²) in [4.78, 5) is 17.5. The average molecular weight is 177 g/mol. The quantitative estimate of drug-likeness (QED) is 0.697. The number of aromatic nitrogens is 4. The van der Waals surface area contributed by atoms with Gasteiger partial charge in [-0.3, -0.25) is 0 Å². The van der Waals surface area contributed by atoms with Gasteiger partial charge in [-0.2, -0.15) is 4.98 Å². The fraction of sp³-hybridized carbons (Fsp3) is 0.375. The van der Waals surface area contributed by atoms with Crippen LogP contribution in [0.25, 0.3) is 11.2 Å². The molecule has 0 saturated carbocycles. The van der Waals surface area contributed by atoms with Crippen molar-refractivity contribution in [2.24, 2.45) is 0 Å². The molecule has 0 bridgehead atoms. The Kier molecular flexibility index (Phi) is 1.65. The van der Waals surface area contributed by atoms with E-state index >= 15 is 0 Å². The molecule has 2 aromatic rings. The molecule has 0 aromatic carbocycles. The van der Waals surface area contributed by atoms with Gasteiger partial charge >= 0.3 is 0 Å². The van der Waals surface area contributed by atoms with Crippen LogP contribution in [0, 0.1) is 6.92 Å². The van der Waals surface area contributed by atoms with Gasteiger partial charge in [-0.05, 0) is 6.92 Å². The molecule has 13 heavy (non-hydrogen) atoms. The van der Waals surface area contributed by atoms with Crippen molar-refractivity contribution >= 4 is 17.1 Å². The van der Waals surface area contributed by atoms with Crippen LogP contribution in [-0.4, -0.2) is 34.0 Å². The van der Waals surface area contributed by atoms with E-state index in [2.05, 4.69) is 19.9 Å². The van der Waals surface area contributed by atoms with E-state index in [4.69, 9.17) is 0 Å². The van der Waals surface area contributed by atoms with Crippen molar-refractivity contribution in [3.63, 3.8) is 0 Å². The molecule has 0 aliphatic heterocycles. The van der Waals surface area contributed by atoms with Gasteiger partial charge in [0.15, 0.2) is 5.65 Å².